The lowest BCUT2D eigenvalue weighted by Crippen LogP contribution is -2.17. The molecule has 0 aliphatic rings. The van der Waals surface area contributed by atoms with E-state index in [2.05, 4.69) is 20.3 Å². The number of halogens is 2. The summed E-state index contributed by atoms with van der Waals surface area (Å²) >= 11 is 1.50. The number of aryl methyl sites for hydroxylation is 1. The minimum atomic E-state index is -0.361. The summed E-state index contributed by atoms with van der Waals surface area (Å²) in [6, 6.07) is 12.3. The highest BCUT2D eigenvalue weighted by Crippen LogP contribution is 2.38. The highest BCUT2D eigenvalue weighted by atomic mass is 32.1. The van der Waals surface area contributed by atoms with Crippen LogP contribution in [0.25, 0.3) is 21.3 Å². The standard InChI is InChI=1S/C23H17F2N5S/c1-30-11-10-26-22(30)20(15-4-8-17(25)9-5-15)29-21-19-18(12-31-23(19)28-13-27-21)14-2-6-16(24)7-3-14/h2-13,20H,1H3,(H,27,28,29). The number of rotatable bonds is 5. The Morgan fingerprint density at radius 3 is 2.32 bits per heavy atom. The Labute approximate surface area is 181 Å². The summed E-state index contributed by atoms with van der Waals surface area (Å²) in [7, 11) is 1.91. The van der Waals surface area contributed by atoms with Gasteiger partial charge in [-0.05, 0) is 35.4 Å². The maximum absolute atomic E-state index is 13.5. The summed E-state index contributed by atoms with van der Waals surface area (Å²) in [5.74, 6) is 0.798. The van der Waals surface area contributed by atoms with Crippen molar-refractivity contribution in [2.24, 2.45) is 7.05 Å². The largest absolute Gasteiger partial charge is 0.356 e. The predicted octanol–water partition coefficient (Wildman–Crippen LogP) is 5.57. The van der Waals surface area contributed by atoms with Gasteiger partial charge in [0.2, 0.25) is 0 Å². The Hall–Kier alpha value is -3.65. The van der Waals surface area contributed by atoms with Crippen molar-refractivity contribution >= 4 is 27.4 Å². The first-order valence-corrected chi connectivity index (χ1v) is 10.5. The maximum Gasteiger partial charge on any atom is 0.139 e. The van der Waals surface area contributed by atoms with Crippen molar-refractivity contribution in [3.05, 3.63) is 95.7 Å². The van der Waals surface area contributed by atoms with Gasteiger partial charge in [0, 0.05) is 30.4 Å². The lowest BCUT2D eigenvalue weighted by molar-refractivity contribution is 0.626. The zero-order chi connectivity index (χ0) is 21.4. The molecular weight excluding hydrogens is 416 g/mol. The van der Waals surface area contributed by atoms with Gasteiger partial charge in [-0.25, -0.2) is 23.7 Å². The topological polar surface area (TPSA) is 55.6 Å². The lowest BCUT2D eigenvalue weighted by atomic mass is 10.0. The molecule has 0 radical (unpaired) electrons. The van der Waals surface area contributed by atoms with E-state index in [1.165, 1.54) is 41.9 Å². The molecule has 0 aliphatic carbocycles. The van der Waals surface area contributed by atoms with E-state index in [1.807, 2.05) is 23.2 Å². The van der Waals surface area contributed by atoms with E-state index >= 15 is 0 Å². The molecule has 2 aromatic carbocycles. The van der Waals surface area contributed by atoms with Crippen LogP contribution in [0.4, 0.5) is 14.6 Å². The summed E-state index contributed by atoms with van der Waals surface area (Å²) < 4.78 is 28.9. The van der Waals surface area contributed by atoms with Crippen LogP contribution in [0, 0.1) is 11.6 Å². The molecule has 31 heavy (non-hydrogen) atoms. The second-order valence-electron chi connectivity index (χ2n) is 7.08. The van der Waals surface area contributed by atoms with E-state index in [4.69, 9.17) is 0 Å². The molecule has 1 atom stereocenters. The third-order valence-electron chi connectivity index (χ3n) is 5.13. The zero-order valence-corrected chi connectivity index (χ0v) is 17.3. The van der Waals surface area contributed by atoms with E-state index in [0.29, 0.717) is 5.82 Å². The Morgan fingerprint density at radius 2 is 1.65 bits per heavy atom. The summed E-state index contributed by atoms with van der Waals surface area (Å²) in [6.45, 7) is 0. The molecule has 0 aliphatic heterocycles. The van der Waals surface area contributed by atoms with Crippen LogP contribution < -0.4 is 5.32 Å². The molecule has 1 N–H and O–H groups in total. The quantitative estimate of drug-likeness (QED) is 0.394. The molecule has 5 aromatic rings. The number of aromatic nitrogens is 4. The molecule has 0 amide bonds. The van der Waals surface area contributed by atoms with Crippen LogP contribution in [0.2, 0.25) is 0 Å². The van der Waals surface area contributed by atoms with E-state index in [9.17, 15) is 8.78 Å². The second-order valence-corrected chi connectivity index (χ2v) is 7.94. The molecular formula is C23H17F2N5S. The number of thiophene rings is 1. The van der Waals surface area contributed by atoms with Crippen LogP contribution >= 0.6 is 11.3 Å². The Bertz CT molecular complexity index is 1340. The third kappa shape index (κ3) is 3.66. The number of hydrogen-bond donors (Lipinski definition) is 1. The molecule has 0 spiro atoms. The average molecular weight is 433 g/mol. The predicted molar refractivity (Wildman–Crippen MR) is 118 cm³/mol. The highest BCUT2D eigenvalue weighted by molar-refractivity contribution is 7.17. The van der Waals surface area contributed by atoms with Crippen LogP contribution in [0.3, 0.4) is 0 Å². The molecule has 0 bridgehead atoms. The van der Waals surface area contributed by atoms with Crippen LogP contribution in [0.5, 0.6) is 0 Å². The molecule has 154 valence electrons. The fourth-order valence-corrected chi connectivity index (χ4v) is 4.49. The third-order valence-corrected chi connectivity index (χ3v) is 6.01. The number of anilines is 1. The van der Waals surface area contributed by atoms with E-state index in [0.717, 1.165) is 32.7 Å². The fraction of sp³-hybridized carbons (Fsp3) is 0.0870. The van der Waals surface area contributed by atoms with Crippen molar-refractivity contribution in [2.75, 3.05) is 5.32 Å². The summed E-state index contributed by atoms with van der Waals surface area (Å²) in [6.07, 6.45) is 5.09. The number of nitrogens with one attached hydrogen (secondary N) is 1. The minimum Gasteiger partial charge on any atom is -0.356 e. The lowest BCUT2D eigenvalue weighted by Gasteiger charge is -2.20. The van der Waals surface area contributed by atoms with E-state index < -0.39 is 0 Å². The molecule has 0 saturated carbocycles. The van der Waals surface area contributed by atoms with Crippen LogP contribution in [-0.4, -0.2) is 19.5 Å². The average Bonchev–Trinajstić information content (AvgIpc) is 3.40. The normalized spacial score (nSPS) is 12.2. The van der Waals surface area contributed by atoms with Gasteiger partial charge in [-0.1, -0.05) is 24.3 Å². The zero-order valence-electron chi connectivity index (χ0n) is 16.5. The molecule has 5 nitrogen and oxygen atoms in total. The monoisotopic (exact) mass is 433 g/mol. The van der Waals surface area contributed by atoms with Gasteiger partial charge in [0.1, 0.15) is 40.5 Å². The number of benzene rings is 2. The van der Waals surface area contributed by atoms with E-state index in [-0.39, 0.29) is 17.7 Å². The van der Waals surface area contributed by atoms with Crippen molar-refractivity contribution < 1.29 is 8.78 Å². The van der Waals surface area contributed by atoms with Crippen LogP contribution in [0.15, 0.2) is 72.6 Å². The Balaban J connectivity index is 1.63. The molecule has 0 fully saturated rings. The van der Waals surface area contributed by atoms with Gasteiger partial charge in [-0.3, -0.25) is 0 Å². The van der Waals surface area contributed by atoms with Crippen molar-refractivity contribution in [3.63, 3.8) is 0 Å². The van der Waals surface area contributed by atoms with Gasteiger partial charge < -0.3 is 9.88 Å². The van der Waals surface area contributed by atoms with Crippen molar-refractivity contribution in [1.29, 1.82) is 0 Å². The SMILES string of the molecule is Cn1ccnc1C(Nc1ncnc2scc(-c3ccc(F)cc3)c12)c1ccc(F)cc1. The fourth-order valence-electron chi connectivity index (χ4n) is 3.57. The smallest absolute Gasteiger partial charge is 0.139 e. The van der Waals surface area contributed by atoms with Gasteiger partial charge in [0.05, 0.1) is 5.39 Å². The Morgan fingerprint density at radius 1 is 0.935 bits per heavy atom. The molecule has 0 saturated heterocycles. The van der Waals surface area contributed by atoms with Crippen molar-refractivity contribution in [1.82, 2.24) is 19.5 Å². The van der Waals surface area contributed by atoms with Crippen molar-refractivity contribution in [3.8, 4) is 11.1 Å². The van der Waals surface area contributed by atoms with Gasteiger partial charge in [0.15, 0.2) is 0 Å². The number of imidazole rings is 1. The summed E-state index contributed by atoms with van der Waals surface area (Å²) in [4.78, 5) is 14.2. The van der Waals surface area contributed by atoms with Crippen LogP contribution in [-0.2, 0) is 7.05 Å². The summed E-state index contributed by atoms with van der Waals surface area (Å²) in [5.41, 5.74) is 2.64. The molecule has 3 aromatic heterocycles. The van der Waals surface area contributed by atoms with Gasteiger partial charge in [-0.2, -0.15) is 0 Å². The minimum absolute atomic E-state index is 0.288. The van der Waals surface area contributed by atoms with Gasteiger partial charge >= 0.3 is 0 Å². The van der Waals surface area contributed by atoms with Gasteiger partial charge in [-0.15, -0.1) is 11.3 Å². The molecule has 1 unspecified atom stereocenters. The Kier molecular flexibility index (Phi) is 4.91. The first-order valence-electron chi connectivity index (χ1n) is 9.57. The highest BCUT2D eigenvalue weighted by Gasteiger charge is 2.22. The first-order chi connectivity index (χ1) is 15.1. The van der Waals surface area contributed by atoms with E-state index in [1.54, 1.807) is 30.5 Å². The van der Waals surface area contributed by atoms with Gasteiger partial charge in [0.25, 0.3) is 0 Å². The molecule has 3 heterocycles. The first kappa shape index (κ1) is 19.3. The number of nitrogens with zero attached hydrogens (tertiary/aromatic N) is 4. The number of fused-ring (bicyclic) bond motifs is 1. The van der Waals surface area contributed by atoms with Crippen LogP contribution in [0.1, 0.15) is 17.4 Å². The second kappa shape index (κ2) is 7.88. The molecule has 5 rings (SSSR count). The maximum atomic E-state index is 13.5. The number of hydrogen-bond acceptors (Lipinski definition) is 5. The summed E-state index contributed by atoms with van der Waals surface area (Å²) in [5, 5.41) is 6.32. The van der Waals surface area contributed by atoms with Crippen molar-refractivity contribution in [2.45, 2.75) is 6.04 Å². The molecule has 8 heteroatoms.